The molecule has 0 saturated heterocycles. The molecule has 1 atom stereocenters. The van der Waals surface area contributed by atoms with Gasteiger partial charge in [0.15, 0.2) is 0 Å². The summed E-state index contributed by atoms with van der Waals surface area (Å²) in [6.07, 6.45) is 1.99. The van der Waals surface area contributed by atoms with Crippen LogP contribution in [0, 0.1) is 0 Å². The summed E-state index contributed by atoms with van der Waals surface area (Å²) in [5.74, 6) is -0.151. The third-order valence-electron chi connectivity index (χ3n) is 3.80. The fourth-order valence-electron chi connectivity index (χ4n) is 2.30. The van der Waals surface area contributed by atoms with E-state index in [-0.39, 0.29) is 18.0 Å². The Labute approximate surface area is 146 Å². The Bertz CT molecular complexity index is 685. The first kappa shape index (κ1) is 18.0. The lowest BCUT2D eigenvalue weighted by molar-refractivity contribution is 0.103. The van der Waals surface area contributed by atoms with E-state index in [2.05, 4.69) is 17.6 Å². The Morgan fingerprint density at radius 2 is 1.88 bits per heavy atom. The average Bonchev–Trinajstić information content (AvgIpc) is 3.09. The normalized spacial score (nSPS) is 11.6. The van der Waals surface area contributed by atoms with E-state index in [1.54, 1.807) is 42.3 Å². The number of thiophene rings is 1. The molecule has 24 heavy (non-hydrogen) atoms. The first-order valence-corrected chi connectivity index (χ1v) is 8.88. The maximum atomic E-state index is 12.3. The Kier molecular flexibility index (Phi) is 6.37. The van der Waals surface area contributed by atoms with Crippen LogP contribution in [-0.4, -0.2) is 29.9 Å². The van der Waals surface area contributed by atoms with E-state index in [1.807, 2.05) is 18.4 Å². The van der Waals surface area contributed by atoms with E-state index < -0.39 is 0 Å². The highest BCUT2D eigenvalue weighted by atomic mass is 32.1. The van der Waals surface area contributed by atoms with Crippen molar-refractivity contribution < 1.29 is 9.59 Å². The molecule has 0 aliphatic heterocycles. The van der Waals surface area contributed by atoms with E-state index in [1.165, 1.54) is 11.3 Å². The first-order chi connectivity index (χ1) is 11.5. The van der Waals surface area contributed by atoms with Crippen LogP contribution >= 0.6 is 11.3 Å². The molecule has 0 unspecified atom stereocenters. The molecule has 0 bridgehead atoms. The van der Waals surface area contributed by atoms with Gasteiger partial charge in [-0.15, -0.1) is 11.3 Å². The maximum Gasteiger partial charge on any atom is 0.321 e. The highest BCUT2D eigenvalue weighted by Crippen LogP contribution is 2.18. The van der Waals surface area contributed by atoms with E-state index in [4.69, 9.17) is 0 Å². The third-order valence-corrected chi connectivity index (χ3v) is 4.67. The highest BCUT2D eigenvalue weighted by Gasteiger charge is 2.15. The quantitative estimate of drug-likeness (QED) is 0.800. The summed E-state index contributed by atoms with van der Waals surface area (Å²) in [5.41, 5.74) is 1.30. The van der Waals surface area contributed by atoms with Crippen molar-refractivity contribution in [2.45, 2.75) is 32.7 Å². The molecule has 0 radical (unpaired) electrons. The number of hydrogen-bond acceptors (Lipinski definition) is 3. The van der Waals surface area contributed by atoms with Gasteiger partial charge < -0.3 is 15.5 Å². The second kappa shape index (κ2) is 8.49. The molecule has 1 heterocycles. The molecule has 6 heteroatoms. The smallest absolute Gasteiger partial charge is 0.321 e. The average molecular weight is 345 g/mol. The van der Waals surface area contributed by atoms with Crippen LogP contribution in [0.5, 0.6) is 0 Å². The number of hydrogen-bond donors (Lipinski definition) is 2. The Morgan fingerprint density at radius 3 is 2.50 bits per heavy atom. The summed E-state index contributed by atoms with van der Waals surface area (Å²) in [4.78, 5) is 26.7. The Morgan fingerprint density at radius 1 is 1.17 bits per heavy atom. The number of amides is 3. The fourth-order valence-corrected chi connectivity index (χ4v) is 2.92. The lowest BCUT2D eigenvalue weighted by Gasteiger charge is -2.25. The number of rotatable bonds is 6. The van der Waals surface area contributed by atoms with Crippen LogP contribution in [0.1, 0.15) is 36.4 Å². The molecule has 1 aromatic heterocycles. The van der Waals surface area contributed by atoms with Crippen molar-refractivity contribution in [3.63, 3.8) is 0 Å². The van der Waals surface area contributed by atoms with Crippen molar-refractivity contribution in [2.24, 2.45) is 0 Å². The first-order valence-electron chi connectivity index (χ1n) is 8.00. The van der Waals surface area contributed by atoms with Gasteiger partial charge in [0.1, 0.15) is 0 Å². The molecular formula is C18H23N3O2S. The van der Waals surface area contributed by atoms with Gasteiger partial charge >= 0.3 is 6.03 Å². The molecule has 128 valence electrons. The largest absolute Gasteiger partial charge is 0.325 e. The monoisotopic (exact) mass is 345 g/mol. The number of anilines is 2. The molecule has 1 aromatic carbocycles. The minimum atomic E-state index is -0.155. The lowest BCUT2D eigenvalue weighted by atomic mass is 10.2. The van der Waals surface area contributed by atoms with Gasteiger partial charge in [0.05, 0.1) is 4.88 Å². The molecule has 0 fully saturated rings. The summed E-state index contributed by atoms with van der Waals surface area (Å²) in [6.45, 7) is 4.13. The van der Waals surface area contributed by atoms with Crippen LogP contribution in [0.3, 0.4) is 0 Å². The van der Waals surface area contributed by atoms with E-state index in [0.717, 1.165) is 12.8 Å². The van der Waals surface area contributed by atoms with Crippen LogP contribution in [0.4, 0.5) is 16.2 Å². The molecule has 2 aromatic rings. The van der Waals surface area contributed by atoms with E-state index in [0.29, 0.717) is 16.3 Å². The van der Waals surface area contributed by atoms with Crippen LogP contribution in [0.2, 0.25) is 0 Å². The lowest BCUT2D eigenvalue weighted by Crippen LogP contribution is -2.38. The maximum absolute atomic E-state index is 12.3. The molecule has 2 rings (SSSR count). The van der Waals surface area contributed by atoms with Crippen molar-refractivity contribution >= 4 is 34.6 Å². The zero-order chi connectivity index (χ0) is 17.5. The molecule has 2 N–H and O–H groups in total. The predicted molar refractivity (Wildman–Crippen MR) is 99.9 cm³/mol. The van der Waals surface area contributed by atoms with E-state index in [9.17, 15) is 9.59 Å². The molecule has 3 amide bonds. The summed E-state index contributed by atoms with van der Waals surface area (Å²) in [6, 6.07) is 10.8. The fraction of sp³-hybridized carbons (Fsp3) is 0.333. The van der Waals surface area contributed by atoms with Gasteiger partial charge in [0.2, 0.25) is 0 Å². The zero-order valence-corrected chi connectivity index (χ0v) is 15.0. The Balaban J connectivity index is 1.99. The summed E-state index contributed by atoms with van der Waals surface area (Å²) in [5, 5.41) is 7.56. The van der Waals surface area contributed by atoms with Crippen molar-refractivity contribution in [2.75, 3.05) is 17.7 Å². The number of benzene rings is 1. The minimum Gasteiger partial charge on any atom is -0.325 e. The molecule has 0 aliphatic rings. The van der Waals surface area contributed by atoms with Crippen LogP contribution in [0.15, 0.2) is 41.8 Å². The van der Waals surface area contributed by atoms with Crippen molar-refractivity contribution in [3.8, 4) is 0 Å². The molecule has 0 aliphatic carbocycles. The summed E-state index contributed by atoms with van der Waals surface area (Å²) >= 11 is 1.39. The van der Waals surface area contributed by atoms with Gasteiger partial charge in [-0.1, -0.05) is 25.5 Å². The van der Waals surface area contributed by atoms with Gasteiger partial charge in [-0.2, -0.15) is 0 Å². The number of nitrogens with zero attached hydrogens (tertiary/aromatic N) is 1. The predicted octanol–water partition coefficient (Wildman–Crippen LogP) is 4.65. The molecular weight excluding hydrogens is 322 g/mol. The van der Waals surface area contributed by atoms with Crippen LogP contribution < -0.4 is 10.6 Å². The zero-order valence-electron chi connectivity index (χ0n) is 14.2. The highest BCUT2D eigenvalue weighted by molar-refractivity contribution is 7.12. The molecule has 0 saturated carbocycles. The SMILES string of the molecule is CCC[C@H](C)N(C)C(=O)Nc1cccc(NC(=O)c2cccs2)c1. The topological polar surface area (TPSA) is 61.4 Å². The van der Waals surface area contributed by atoms with Crippen LogP contribution in [0.25, 0.3) is 0 Å². The Hall–Kier alpha value is -2.34. The number of carbonyl (C=O) groups is 2. The van der Waals surface area contributed by atoms with Gasteiger partial charge in [0, 0.05) is 24.5 Å². The third kappa shape index (κ3) is 4.83. The number of urea groups is 1. The van der Waals surface area contributed by atoms with Gasteiger partial charge in [-0.3, -0.25) is 4.79 Å². The summed E-state index contributed by atoms with van der Waals surface area (Å²) in [7, 11) is 1.79. The second-order valence-electron chi connectivity index (χ2n) is 5.69. The minimum absolute atomic E-state index is 0.151. The number of nitrogens with one attached hydrogen (secondary N) is 2. The van der Waals surface area contributed by atoms with Crippen LogP contribution in [-0.2, 0) is 0 Å². The van der Waals surface area contributed by atoms with E-state index >= 15 is 0 Å². The second-order valence-corrected chi connectivity index (χ2v) is 6.64. The number of carbonyl (C=O) groups excluding carboxylic acids is 2. The van der Waals surface area contributed by atoms with Crippen molar-refractivity contribution in [1.29, 1.82) is 0 Å². The van der Waals surface area contributed by atoms with Crippen molar-refractivity contribution in [3.05, 3.63) is 46.7 Å². The molecule has 5 nitrogen and oxygen atoms in total. The van der Waals surface area contributed by atoms with Gasteiger partial charge in [0.25, 0.3) is 5.91 Å². The van der Waals surface area contributed by atoms with Gasteiger partial charge in [-0.05, 0) is 43.0 Å². The van der Waals surface area contributed by atoms with Crippen molar-refractivity contribution in [1.82, 2.24) is 4.90 Å². The standard InChI is InChI=1S/C18H23N3O2S/c1-4-7-13(2)21(3)18(23)20-15-9-5-8-14(12-15)19-17(22)16-10-6-11-24-16/h5-6,8-13H,4,7H2,1-3H3,(H,19,22)(H,20,23)/t13-/m0/s1. The summed E-state index contributed by atoms with van der Waals surface area (Å²) < 4.78 is 0. The van der Waals surface area contributed by atoms with Gasteiger partial charge in [-0.25, -0.2) is 4.79 Å². The molecule has 0 spiro atoms.